The molecule has 7 heteroatoms. The summed E-state index contributed by atoms with van der Waals surface area (Å²) in [5.74, 6) is -0.797. The van der Waals surface area contributed by atoms with Gasteiger partial charge in [-0.15, -0.1) is 0 Å². The molecule has 0 bridgehead atoms. The predicted molar refractivity (Wildman–Crippen MR) is 71.5 cm³/mol. The first kappa shape index (κ1) is 15.3. The maximum atomic E-state index is 12.0. The fraction of sp³-hybridized carbons (Fsp3) is 0.417. The second-order valence-electron chi connectivity index (χ2n) is 3.85. The monoisotopic (exact) mass is 287 g/mol. The first-order valence-corrected chi connectivity index (χ1v) is 7.39. The van der Waals surface area contributed by atoms with Gasteiger partial charge in [0.2, 0.25) is 10.0 Å². The largest absolute Gasteiger partial charge is 0.508 e. The minimum Gasteiger partial charge on any atom is -0.508 e. The molecule has 0 amide bonds. The topological polar surface area (TPSA) is 83.9 Å². The summed E-state index contributed by atoms with van der Waals surface area (Å²) in [4.78, 5) is 11.2. The van der Waals surface area contributed by atoms with E-state index in [1.165, 1.54) is 31.3 Å². The lowest BCUT2D eigenvalue weighted by Gasteiger charge is -2.19. The Bertz CT molecular complexity index is 524. The Labute approximate surface area is 112 Å². The summed E-state index contributed by atoms with van der Waals surface area (Å²) in [6.07, 6.45) is -0.182. The molecule has 1 aromatic rings. The molecule has 19 heavy (non-hydrogen) atoms. The van der Waals surface area contributed by atoms with Gasteiger partial charge >= 0.3 is 5.97 Å². The van der Waals surface area contributed by atoms with Gasteiger partial charge in [-0.3, -0.25) is 9.10 Å². The number of phenols is 1. The summed E-state index contributed by atoms with van der Waals surface area (Å²) in [5, 5.41) is 9.15. The van der Waals surface area contributed by atoms with Gasteiger partial charge in [0.15, 0.2) is 0 Å². The number of phenolic OH excluding ortho intramolecular Hbond substituents is 1. The molecule has 0 saturated heterocycles. The molecule has 0 unspecified atom stereocenters. The molecule has 0 radical (unpaired) electrons. The van der Waals surface area contributed by atoms with Crippen molar-refractivity contribution in [2.24, 2.45) is 0 Å². The zero-order valence-electron chi connectivity index (χ0n) is 10.9. The molecule has 6 nitrogen and oxygen atoms in total. The highest BCUT2D eigenvalue weighted by Crippen LogP contribution is 2.20. The number of esters is 1. The third-order valence-electron chi connectivity index (χ3n) is 2.50. The predicted octanol–water partition coefficient (Wildman–Crippen LogP) is 1.11. The SMILES string of the molecule is CCOC(=O)CCS(=O)(=O)N(C)c1ccc(O)cc1. The van der Waals surface area contributed by atoms with E-state index in [0.717, 1.165) is 4.31 Å². The molecule has 0 aliphatic carbocycles. The molecule has 0 saturated carbocycles. The van der Waals surface area contributed by atoms with E-state index in [-0.39, 0.29) is 24.5 Å². The number of benzene rings is 1. The normalized spacial score (nSPS) is 11.1. The molecule has 0 aliphatic rings. The van der Waals surface area contributed by atoms with Crippen LogP contribution in [0.5, 0.6) is 5.75 Å². The van der Waals surface area contributed by atoms with E-state index in [9.17, 15) is 13.2 Å². The van der Waals surface area contributed by atoms with Gasteiger partial charge in [-0.25, -0.2) is 8.42 Å². The van der Waals surface area contributed by atoms with E-state index in [4.69, 9.17) is 5.11 Å². The van der Waals surface area contributed by atoms with Crippen molar-refractivity contribution in [1.29, 1.82) is 0 Å². The third kappa shape index (κ3) is 4.44. The van der Waals surface area contributed by atoms with E-state index in [0.29, 0.717) is 5.69 Å². The lowest BCUT2D eigenvalue weighted by Crippen LogP contribution is -2.30. The van der Waals surface area contributed by atoms with Crippen molar-refractivity contribution in [3.8, 4) is 5.75 Å². The molecule has 0 heterocycles. The second-order valence-corrected chi connectivity index (χ2v) is 5.97. The standard InChI is InChI=1S/C12H17NO5S/c1-3-18-12(15)8-9-19(16,17)13(2)10-4-6-11(14)7-5-10/h4-7,14H,3,8-9H2,1-2H3. The van der Waals surface area contributed by atoms with Crippen LogP contribution in [0, 0.1) is 0 Å². The van der Waals surface area contributed by atoms with Gasteiger partial charge in [0.05, 0.1) is 24.5 Å². The van der Waals surface area contributed by atoms with Gasteiger partial charge in [0.1, 0.15) is 5.75 Å². The molecule has 0 fully saturated rings. The van der Waals surface area contributed by atoms with Crippen LogP contribution in [0.1, 0.15) is 13.3 Å². The van der Waals surface area contributed by atoms with Crippen molar-refractivity contribution in [2.75, 3.05) is 23.7 Å². The molecule has 0 aliphatic heterocycles. The number of hydrogen-bond acceptors (Lipinski definition) is 5. The fourth-order valence-corrected chi connectivity index (χ4v) is 2.55. The van der Waals surface area contributed by atoms with Crippen LogP contribution in [0.4, 0.5) is 5.69 Å². The Morgan fingerprint density at radius 1 is 1.32 bits per heavy atom. The number of hydrogen-bond donors (Lipinski definition) is 1. The van der Waals surface area contributed by atoms with Crippen molar-refractivity contribution >= 4 is 21.7 Å². The van der Waals surface area contributed by atoms with Crippen LogP contribution < -0.4 is 4.31 Å². The number of carbonyl (C=O) groups is 1. The van der Waals surface area contributed by atoms with Gasteiger partial charge < -0.3 is 9.84 Å². The Balaban J connectivity index is 2.71. The summed E-state index contributed by atoms with van der Waals surface area (Å²) >= 11 is 0. The number of aromatic hydroxyl groups is 1. The number of ether oxygens (including phenoxy) is 1. The van der Waals surface area contributed by atoms with E-state index in [1.54, 1.807) is 6.92 Å². The Morgan fingerprint density at radius 2 is 1.89 bits per heavy atom. The van der Waals surface area contributed by atoms with Gasteiger partial charge in [0.25, 0.3) is 0 Å². The molecular weight excluding hydrogens is 270 g/mol. The van der Waals surface area contributed by atoms with Crippen LogP contribution >= 0.6 is 0 Å². The summed E-state index contributed by atoms with van der Waals surface area (Å²) in [5.41, 5.74) is 0.418. The summed E-state index contributed by atoms with van der Waals surface area (Å²) in [6, 6.07) is 5.76. The summed E-state index contributed by atoms with van der Waals surface area (Å²) < 4.78 is 29.7. The number of rotatable bonds is 6. The van der Waals surface area contributed by atoms with Gasteiger partial charge in [-0.2, -0.15) is 0 Å². The maximum Gasteiger partial charge on any atom is 0.306 e. The first-order chi connectivity index (χ1) is 8.86. The Kier molecular flexibility index (Phi) is 5.17. The van der Waals surface area contributed by atoms with Crippen LogP contribution in [-0.4, -0.2) is 38.9 Å². The minimum absolute atomic E-state index is 0.0565. The van der Waals surface area contributed by atoms with Gasteiger partial charge in [-0.1, -0.05) is 0 Å². The van der Waals surface area contributed by atoms with E-state index in [2.05, 4.69) is 4.74 Å². The summed E-state index contributed by atoms with van der Waals surface area (Å²) in [6.45, 7) is 1.89. The number of anilines is 1. The van der Waals surface area contributed by atoms with E-state index >= 15 is 0 Å². The van der Waals surface area contributed by atoms with Crippen LogP contribution in [-0.2, 0) is 19.6 Å². The van der Waals surface area contributed by atoms with Gasteiger partial charge in [0, 0.05) is 7.05 Å². The molecule has 1 rings (SSSR count). The van der Waals surface area contributed by atoms with Crippen molar-refractivity contribution in [1.82, 2.24) is 0 Å². The first-order valence-electron chi connectivity index (χ1n) is 5.78. The highest BCUT2D eigenvalue weighted by atomic mass is 32.2. The fourth-order valence-electron chi connectivity index (χ4n) is 1.41. The van der Waals surface area contributed by atoms with Crippen LogP contribution in [0.15, 0.2) is 24.3 Å². The number of carbonyl (C=O) groups excluding carboxylic acids is 1. The minimum atomic E-state index is -3.59. The maximum absolute atomic E-state index is 12.0. The Hall–Kier alpha value is -1.76. The molecule has 1 aromatic carbocycles. The van der Waals surface area contributed by atoms with Crippen LogP contribution in [0.25, 0.3) is 0 Å². The Morgan fingerprint density at radius 3 is 2.42 bits per heavy atom. The molecule has 0 aromatic heterocycles. The van der Waals surface area contributed by atoms with Crippen LogP contribution in [0.2, 0.25) is 0 Å². The second kappa shape index (κ2) is 6.42. The average molecular weight is 287 g/mol. The van der Waals surface area contributed by atoms with Crippen molar-refractivity contribution in [2.45, 2.75) is 13.3 Å². The lowest BCUT2D eigenvalue weighted by atomic mass is 10.3. The average Bonchev–Trinajstić information content (AvgIpc) is 2.37. The van der Waals surface area contributed by atoms with Crippen molar-refractivity contribution in [3.63, 3.8) is 0 Å². The molecule has 1 N–H and O–H groups in total. The molecule has 0 spiro atoms. The molecule has 0 atom stereocenters. The summed E-state index contributed by atoms with van der Waals surface area (Å²) in [7, 11) is -2.19. The van der Waals surface area contributed by atoms with Crippen molar-refractivity contribution < 1.29 is 23.1 Å². The molecule has 106 valence electrons. The highest BCUT2D eigenvalue weighted by Gasteiger charge is 2.20. The number of sulfonamides is 1. The van der Waals surface area contributed by atoms with E-state index < -0.39 is 16.0 Å². The molecular formula is C12H17NO5S. The van der Waals surface area contributed by atoms with Crippen molar-refractivity contribution in [3.05, 3.63) is 24.3 Å². The smallest absolute Gasteiger partial charge is 0.306 e. The number of nitrogens with zero attached hydrogens (tertiary/aromatic N) is 1. The van der Waals surface area contributed by atoms with E-state index in [1.807, 2.05) is 0 Å². The zero-order valence-corrected chi connectivity index (χ0v) is 11.7. The van der Waals surface area contributed by atoms with Crippen LogP contribution in [0.3, 0.4) is 0 Å². The third-order valence-corrected chi connectivity index (χ3v) is 4.27. The van der Waals surface area contributed by atoms with Gasteiger partial charge in [-0.05, 0) is 31.2 Å². The zero-order chi connectivity index (χ0) is 14.5. The quantitative estimate of drug-likeness (QED) is 0.792. The highest BCUT2D eigenvalue weighted by molar-refractivity contribution is 7.92. The lowest BCUT2D eigenvalue weighted by molar-refractivity contribution is -0.142.